The molecule has 6 heteroatoms. The van der Waals surface area contributed by atoms with Gasteiger partial charge in [-0.1, -0.05) is 12.2 Å². The Kier molecular flexibility index (Phi) is 7.06. The summed E-state index contributed by atoms with van der Waals surface area (Å²) in [5.41, 5.74) is 1.02. The molecule has 1 aliphatic rings. The van der Waals surface area contributed by atoms with Crippen LogP contribution in [0.1, 0.15) is 32.3 Å². The second kappa shape index (κ2) is 9.27. The average molecular weight is 332 g/mol. The first-order valence-corrected chi connectivity index (χ1v) is 8.60. The van der Waals surface area contributed by atoms with E-state index in [1.54, 1.807) is 11.1 Å². The molecule has 2 atom stereocenters. The van der Waals surface area contributed by atoms with Gasteiger partial charge in [0, 0.05) is 31.7 Å². The molecule has 6 nitrogen and oxygen atoms in total. The topological polar surface area (TPSA) is 66.5 Å². The van der Waals surface area contributed by atoms with Crippen LogP contribution in [0, 0.1) is 0 Å². The van der Waals surface area contributed by atoms with Crippen LogP contribution >= 0.6 is 0 Å². The first-order chi connectivity index (χ1) is 11.6. The number of hydrogen-bond acceptors (Lipinski definition) is 4. The third-order valence-electron chi connectivity index (χ3n) is 4.09. The summed E-state index contributed by atoms with van der Waals surface area (Å²) < 4.78 is 5.99. The summed E-state index contributed by atoms with van der Waals surface area (Å²) in [7, 11) is 1.96. The van der Waals surface area contributed by atoms with Crippen molar-refractivity contribution in [3.63, 3.8) is 0 Å². The lowest BCUT2D eigenvalue weighted by molar-refractivity contribution is 0.187. The number of hydrogen-bond donors (Lipinski definition) is 2. The number of nitrogens with one attached hydrogen (secondary N) is 2. The molecule has 0 saturated carbocycles. The molecule has 2 amide bonds. The molecule has 2 heterocycles. The van der Waals surface area contributed by atoms with E-state index in [9.17, 15) is 4.79 Å². The first-order valence-electron chi connectivity index (χ1n) is 8.60. The van der Waals surface area contributed by atoms with Crippen molar-refractivity contribution >= 4 is 12.1 Å². The van der Waals surface area contributed by atoms with E-state index in [0.29, 0.717) is 19.1 Å². The quantitative estimate of drug-likeness (QED) is 0.804. The van der Waals surface area contributed by atoms with E-state index in [1.165, 1.54) is 0 Å². The summed E-state index contributed by atoms with van der Waals surface area (Å²) in [5, 5.41) is 6.03. The standard InChI is InChI=1S/C18H28N4O2/c1-4-21-18(23)22-9-8-16(13-22)24-17-10-15(11-20-12-17)7-5-6-14(2)19-3/h5,7,10-12,14,16,19H,4,6,8-9,13H2,1-3H3,(H,21,23)/b7-5+/t14-,16-/m0/s1. The number of nitrogens with zero attached hydrogens (tertiary/aromatic N) is 2. The fourth-order valence-corrected chi connectivity index (χ4v) is 2.58. The third kappa shape index (κ3) is 5.53. The smallest absolute Gasteiger partial charge is 0.317 e. The fraction of sp³-hybridized carbons (Fsp3) is 0.556. The summed E-state index contributed by atoms with van der Waals surface area (Å²) in [6, 6.07) is 2.42. The van der Waals surface area contributed by atoms with Crippen molar-refractivity contribution in [2.45, 2.75) is 38.8 Å². The minimum Gasteiger partial charge on any atom is -0.487 e. The molecule has 2 N–H and O–H groups in total. The Hall–Kier alpha value is -2.08. The molecule has 0 bridgehead atoms. The molecule has 0 spiro atoms. The van der Waals surface area contributed by atoms with Gasteiger partial charge in [0.05, 0.1) is 12.7 Å². The van der Waals surface area contributed by atoms with Crippen LogP contribution in [0.3, 0.4) is 0 Å². The zero-order valence-electron chi connectivity index (χ0n) is 14.8. The predicted octanol–water partition coefficient (Wildman–Crippen LogP) is 2.28. The van der Waals surface area contributed by atoms with Crippen molar-refractivity contribution in [3.8, 4) is 5.75 Å². The number of rotatable bonds is 7. The number of aromatic nitrogens is 1. The highest BCUT2D eigenvalue weighted by Crippen LogP contribution is 2.19. The minimum atomic E-state index is -0.0166. The molecule has 1 saturated heterocycles. The van der Waals surface area contributed by atoms with E-state index in [1.807, 2.05) is 26.2 Å². The Morgan fingerprint density at radius 2 is 2.38 bits per heavy atom. The number of carbonyl (C=O) groups is 1. The molecule has 1 aromatic rings. The van der Waals surface area contributed by atoms with E-state index in [0.717, 1.165) is 30.7 Å². The van der Waals surface area contributed by atoms with Gasteiger partial charge >= 0.3 is 6.03 Å². The second-order valence-corrected chi connectivity index (χ2v) is 6.09. The molecule has 0 radical (unpaired) electrons. The number of amides is 2. The lowest BCUT2D eigenvalue weighted by atomic mass is 10.2. The van der Waals surface area contributed by atoms with E-state index in [2.05, 4.69) is 34.7 Å². The summed E-state index contributed by atoms with van der Waals surface area (Å²) >= 11 is 0. The second-order valence-electron chi connectivity index (χ2n) is 6.09. The largest absolute Gasteiger partial charge is 0.487 e. The van der Waals surface area contributed by atoms with Crippen LogP contribution in [0.4, 0.5) is 4.79 Å². The zero-order chi connectivity index (χ0) is 17.4. The molecular weight excluding hydrogens is 304 g/mol. The van der Waals surface area contributed by atoms with E-state index in [-0.39, 0.29) is 12.1 Å². The maximum absolute atomic E-state index is 11.8. The minimum absolute atomic E-state index is 0.0166. The van der Waals surface area contributed by atoms with Crippen molar-refractivity contribution in [2.75, 3.05) is 26.7 Å². The SMILES string of the molecule is CCNC(=O)N1CC[C@H](Oc2cncc(/C=C/C[C@H](C)NC)c2)C1. The molecular formula is C18H28N4O2. The zero-order valence-corrected chi connectivity index (χ0v) is 14.8. The lowest BCUT2D eigenvalue weighted by Crippen LogP contribution is -2.39. The Labute approximate surface area is 144 Å². The Morgan fingerprint density at radius 1 is 1.54 bits per heavy atom. The van der Waals surface area contributed by atoms with E-state index >= 15 is 0 Å². The summed E-state index contributed by atoms with van der Waals surface area (Å²) in [6.07, 6.45) is 9.57. The Bertz CT molecular complexity index is 562. The lowest BCUT2D eigenvalue weighted by Gasteiger charge is -2.17. The van der Waals surface area contributed by atoms with Gasteiger partial charge in [-0.2, -0.15) is 0 Å². The summed E-state index contributed by atoms with van der Waals surface area (Å²) in [4.78, 5) is 17.9. The number of ether oxygens (including phenoxy) is 1. The molecule has 0 aromatic carbocycles. The van der Waals surface area contributed by atoms with Gasteiger partial charge in [-0.25, -0.2) is 4.79 Å². The molecule has 132 valence electrons. The molecule has 0 aliphatic carbocycles. The maximum Gasteiger partial charge on any atom is 0.317 e. The van der Waals surface area contributed by atoms with Crippen molar-refractivity contribution in [3.05, 3.63) is 30.1 Å². The monoisotopic (exact) mass is 332 g/mol. The Morgan fingerprint density at radius 3 is 3.12 bits per heavy atom. The van der Waals surface area contributed by atoms with Gasteiger partial charge in [0.1, 0.15) is 11.9 Å². The fourth-order valence-electron chi connectivity index (χ4n) is 2.58. The number of likely N-dealkylation sites (tertiary alicyclic amines) is 1. The molecule has 24 heavy (non-hydrogen) atoms. The first kappa shape index (κ1) is 18.3. The van der Waals surface area contributed by atoms with Crippen LogP contribution in [0.2, 0.25) is 0 Å². The molecule has 0 unspecified atom stereocenters. The van der Waals surface area contributed by atoms with Crippen molar-refractivity contribution in [2.24, 2.45) is 0 Å². The molecule has 1 aromatic heterocycles. The average Bonchev–Trinajstić information content (AvgIpc) is 3.04. The number of urea groups is 1. The normalized spacial score (nSPS) is 18.8. The van der Waals surface area contributed by atoms with Crippen molar-refractivity contribution in [1.82, 2.24) is 20.5 Å². The Balaban J connectivity index is 1.87. The van der Waals surface area contributed by atoms with Crippen molar-refractivity contribution in [1.29, 1.82) is 0 Å². The summed E-state index contributed by atoms with van der Waals surface area (Å²) in [5.74, 6) is 0.751. The summed E-state index contributed by atoms with van der Waals surface area (Å²) in [6.45, 7) is 6.05. The van der Waals surface area contributed by atoms with Crippen LogP contribution in [0.15, 0.2) is 24.5 Å². The molecule has 1 aliphatic heterocycles. The maximum atomic E-state index is 11.8. The van der Waals surface area contributed by atoms with Crippen molar-refractivity contribution < 1.29 is 9.53 Å². The van der Waals surface area contributed by atoms with Crippen LogP contribution in [0.25, 0.3) is 6.08 Å². The highest BCUT2D eigenvalue weighted by Gasteiger charge is 2.27. The van der Waals surface area contributed by atoms with Crippen LogP contribution in [-0.4, -0.2) is 54.7 Å². The van der Waals surface area contributed by atoms with Gasteiger partial charge in [-0.3, -0.25) is 4.98 Å². The van der Waals surface area contributed by atoms with Gasteiger partial charge in [0.25, 0.3) is 0 Å². The van der Waals surface area contributed by atoms with Gasteiger partial charge in [0.15, 0.2) is 0 Å². The molecule has 2 rings (SSSR count). The molecule has 1 fully saturated rings. The third-order valence-corrected chi connectivity index (χ3v) is 4.09. The highest BCUT2D eigenvalue weighted by molar-refractivity contribution is 5.74. The van der Waals surface area contributed by atoms with Crippen LogP contribution in [-0.2, 0) is 0 Å². The van der Waals surface area contributed by atoms with Gasteiger partial charge < -0.3 is 20.3 Å². The van der Waals surface area contributed by atoms with E-state index < -0.39 is 0 Å². The van der Waals surface area contributed by atoms with E-state index in [4.69, 9.17) is 4.74 Å². The van der Waals surface area contributed by atoms with Crippen LogP contribution in [0.5, 0.6) is 5.75 Å². The predicted molar refractivity (Wildman–Crippen MR) is 96.1 cm³/mol. The number of carbonyl (C=O) groups excluding carboxylic acids is 1. The van der Waals surface area contributed by atoms with Gasteiger partial charge in [0.2, 0.25) is 0 Å². The van der Waals surface area contributed by atoms with Gasteiger partial charge in [-0.15, -0.1) is 0 Å². The van der Waals surface area contributed by atoms with Crippen LogP contribution < -0.4 is 15.4 Å². The highest BCUT2D eigenvalue weighted by atomic mass is 16.5. The van der Waals surface area contributed by atoms with Gasteiger partial charge in [-0.05, 0) is 38.9 Å². The number of pyridine rings is 1.